The van der Waals surface area contributed by atoms with Gasteiger partial charge in [-0.3, -0.25) is 9.69 Å². The van der Waals surface area contributed by atoms with Gasteiger partial charge in [0, 0.05) is 17.0 Å². The molecule has 1 N–H and O–H groups in total. The zero-order valence-corrected chi connectivity index (χ0v) is 14.3. The van der Waals surface area contributed by atoms with Crippen LogP contribution in [0.2, 0.25) is 0 Å². The molecular formula is C18H30N2O. The Labute approximate surface area is 129 Å². The highest BCUT2D eigenvalue weighted by molar-refractivity contribution is 5.98. The van der Waals surface area contributed by atoms with Crippen LogP contribution >= 0.6 is 0 Å². The van der Waals surface area contributed by atoms with Gasteiger partial charge in [-0.15, -0.1) is 0 Å². The zero-order chi connectivity index (χ0) is 15.6. The number of H-pyrrole nitrogens is 1. The average Bonchev–Trinajstić information content (AvgIpc) is 2.59. The molecule has 0 bridgehead atoms. The Morgan fingerprint density at radius 2 is 2.00 bits per heavy atom. The van der Waals surface area contributed by atoms with Crippen molar-refractivity contribution in [2.24, 2.45) is 11.3 Å². The van der Waals surface area contributed by atoms with Gasteiger partial charge in [0.1, 0.15) is 0 Å². The summed E-state index contributed by atoms with van der Waals surface area (Å²) < 4.78 is 0. The van der Waals surface area contributed by atoms with Crippen molar-refractivity contribution in [3.8, 4) is 0 Å². The van der Waals surface area contributed by atoms with Gasteiger partial charge < -0.3 is 4.98 Å². The lowest BCUT2D eigenvalue weighted by Gasteiger charge is -2.29. The number of hydrogen-bond acceptors (Lipinski definition) is 2. The largest absolute Gasteiger partial charge is 0.362 e. The second kappa shape index (κ2) is 6.35. The maximum Gasteiger partial charge on any atom is 0.178 e. The van der Waals surface area contributed by atoms with E-state index in [0.29, 0.717) is 12.0 Å². The number of nitrogens with zero attached hydrogens (tertiary/aromatic N) is 1. The van der Waals surface area contributed by atoms with Crippen LogP contribution in [0.15, 0.2) is 6.07 Å². The molecule has 0 aromatic carbocycles. The van der Waals surface area contributed by atoms with Crippen molar-refractivity contribution in [3.05, 3.63) is 23.0 Å². The summed E-state index contributed by atoms with van der Waals surface area (Å²) in [6.07, 6.45) is 3.71. The third-order valence-corrected chi connectivity index (χ3v) is 4.86. The first-order chi connectivity index (χ1) is 9.77. The second-order valence-corrected chi connectivity index (χ2v) is 7.68. The molecule has 3 nitrogen and oxygen atoms in total. The number of ketones is 1. The molecule has 1 aliphatic heterocycles. The Hall–Kier alpha value is -1.09. The normalized spacial score (nSPS) is 21.3. The van der Waals surface area contributed by atoms with Gasteiger partial charge in [0.15, 0.2) is 5.78 Å². The standard InChI is InChI=1S/C18H30N2O/c1-13-11-16(14(2)19-13)17(21)12-20-9-6-7-15(8-10-20)18(3,4)5/h11,15,19H,6-10,12H2,1-5H3. The number of rotatable bonds is 3. The Bertz CT molecular complexity index is 496. The molecular weight excluding hydrogens is 260 g/mol. The first-order valence-electron chi connectivity index (χ1n) is 8.19. The smallest absolute Gasteiger partial charge is 0.178 e. The van der Waals surface area contributed by atoms with Crippen molar-refractivity contribution >= 4 is 5.78 Å². The minimum Gasteiger partial charge on any atom is -0.362 e. The lowest BCUT2D eigenvalue weighted by atomic mass is 9.77. The number of aryl methyl sites for hydroxylation is 2. The Balaban J connectivity index is 1.95. The summed E-state index contributed by atoms with van der Waals surface area (Å²) in [5.41, 5.74) is 3.32. The van der Waals surface area contributed by atoms with Crippen LogP contribution in [-0.4, -0.2) is 35.3 Å². The van der Waals surface area contributed by atoms with Gasteiger partial charge in [0.2, 0.25) is 0 Å². The lowest BCUT2D eigenvalue weighted by Crippen LogP contribution is -2.31. The monoisotopic (exact) mass is 290 g/mol. The lowest BCUT2D eigenvalue weighted by molar-refractivity contribution is 0.0930. The van der Waals surface area contributed by atoms with Crippen LogP contribution in [-0.2, 0) is 0 Å². The summed E-state index contributed by atoms with van der Waals surface area (Å²) in [6.45, 7) is 13.7. The molecule has 2 rings (SSSR count). The molecule has 1 saturated heterocycles. The van der Waals surface area contributed by atoms with Gasteiger partial charge in [-0.1, -0.05) is 20.8 Å². The number of hydrogen-bond donors (Lipinski definition) is 1. The highest BCUT2D eigenvalue weighted by atomic mass is 16.1. The van der Waals surface area contributed by atoms with Crippen LogP contribution in [0.4, 0.5) is 0 Å². The van der Waals surface area contributed by atoms with Gasteiger partial charge in [0.05, 0.1) is 6.54 Å². The van der Waals surface area contributed by atoms with Gasteiger partial charge in [-0.25, -0.2) is 0 Å². The van der Waals surface area contributed by atoms with E-state index in [0.717, 1.165) is 36.0 Å². The first kappa shape index (κ1) is 16.3. The third-order valence-electron chi connectivity index (χ3n) is 4.86. The highest BCUT2D eigenvalue weighted by Crippen LogP contribution is 2.34. The van der Waals surface area contributed by atoms with Crippen molar-refractivity contribution in [1.82, 2.24) is 9.88 Å². The number of aromatic nitrogens is 1. The molecule has 3 heteroatoms. The Morgan fingerprint density at radius 1 is 1.29 bits per heavy atom. The summed E-state index contributed by atoms with van der Waals surface area (Å²) in [5.74, 6) is 1.03. The summed E-state index contributed by atoms with van der Waals surface area (Å²) in [4.78, 5) is 18.0. The molecule has 2 heterocycles. The van der Waals surface area contributed by atoms with E-state index in [4.69, 9.17) is 0 Å². The van der Waals surface area contributed by atoms with E-state index < -0.39 is 0 Å². The van der Waals surface area contributed by atoms with E-state index in [9.17, 15) is 4.79 Å². The topological polar surface area (TPSA) is 36.1 Å². The van der Waals surface area contributed by atoms with Gasteiger partial charge in [-0.2, -0.15) is 0 Å². The summed E-state index contributed by atoms with van der Waals surface area (Å²) in [6, 6.07) is 1.98. The van der Waals surface area contributed by atoms with E-state index >= 15 is 0 Å². The number of likely N-dealkylation sites (tertiary alicyclic amines) is 1. The predicted molar refractivity (Wildman–Crippen MR) is 87.8 cm³/mol. The van der Waals surface area contributed by atoms with Crippen LogP contribution in [0.25, 0.3) is 0 Å². The van der Waals surface area contributed by atoms with Crippen molar-refractivity contribution in [2.45, 2.75) is 53.9 Å². The van der Waals surface area contributed by atoms with Gasteiger partial charge in [0.25, 0.3) is 0 Å². The van der Waals surface area contributed by atoms with E-state index in [1.165, 1.54) is 19.3 Å². The van der Waals surface area contributed by atoms with Crippen LogP contribution in [0.1, 0.15) is 61.8 Å². The van der Waals surface area contributed by atoms with Gasteiger partial charge >= 0.3 is 0 Å². The number of nitrogens with one attached hydrogen (secondary N) is 1. The molecule has 0 aliphatic carbocycles. The molecule has 0 saturated carbocycles. The van der Waals surface area contributed by atoms with Crippen molar-refractivity contribution in [2.75, 3.05) is 19.6 Å². The average molecular weight is 290 g/mol. The molecule has 1 unspecified atom stereocenters. The van der Waals surface area contributed by atoms with Crippen LogP contribution < -0.4 is 0 Å². The van der Waals surface area contributed by atoms with E-state index in [2.05, 4.69) is 30.7 Å². The quantitative estimate of drug-likeness (QED) is 0.855. The van der Waals surface area contributed by atoms with E-state index in [-0.39, 0.29) is 5.78 Å². The Kier molecular flexibility index (Phi) is 4.92. The summed E-state index contributed by atoms with van der Waals surface area (Å²) in [7, 11) is 0. The van der Waals surface area contributed by atoms with Gasteiger partial charge in [-0.05, 0) is 63.6 Å². The maximum atomic E-state index is 12.5. The SMILES string of the molecule is Cc1cc(C(=O)CN2CCCC(C(C)(C)C)CC2)c(C)[nH]1. The Morgan fingerprint density at radius 3 is 2.57 bits per heavy atom. The second-order valence-electron chi connectivity index (χ2n) is 7.68. The van der Waals surface area contributed by atoms with Crippen LogP contribution in [0.5, 0.6) is 0 Å². The maximum absolute atomic E-state index is 12.5. The fraction of sp³-hybridized carbons (Fsp3) is 0.722. The summed E-state index contributed by atoms with van der Waals surface area (Å²) >= 11 is 0. The minimum absolute atomic E-state index is 0.256. The molecule has 1 atom stereocenters. The number of carbonyl (C=O) groups excluding carboxylic acids is 1. The molecule has 1 aliphatic rings. The van der Waals surface area contributed by atoms with Crippen molar-refractivity contribution in [3.63, 3.8) is 0 Å². The molecule has 1 fully saturated rings. The minimum atomic E-state index is 0.256. The van der Waals surface area contributed by atoms with E-state index in [1.54, 1.807) is 0 Å². The summed E-state index contributed by atoms with van der Waals surface area (Å²) in [5, 5.41) is 0. The predicted octanol–water partition coefficient (Wildman–Crippen LogP) is 3.96. The molecule has 1 aromatic rings. The molecule has 0 amide bonds. The molecule has 0 spiro atoms. The van der Waals surface area contributed by atoms with Crippen LogP contribution in [0.3, 0.4) is 0 Å². The van der Waals surface area contributed by atoms with Crippen molar-refractivity contribution in [1.29, 1.82) is 0 Å². The number of aromatic amines is 1. The molecule has 1 aromatic heterocycles. The number of Topliss-reactive ketones (excluding diaryl/α,β-unsaturated/α-hetero) is 1. The highest BCUT2D eigenvalue weighted by Gasteiger charge is 2.27. The van der Waals surface area contributed by atoms with E-state index in [1.807, 2.05) is 19.9 Å². The molecule has 0 radical (unpaired) electrons. The zero-order valence-electron chi connectivity index (χ0n) is 14.3. The van der Waals surface area contributed by atoms with Crippen molar-refractivity contribution < 1.29 is 4.79 Å². The van der Waals surface area contributed by atoms with Crippen LogP contribution in [0, 0.1) is 25.2 Å². The molecule has 118 valence electrons. The third kappa shape index (κ3) is 4.19. The number of carbonyl (C=O) groups is 1. The fourth-order valence-corrected chi connectivity index (χ4v) is 3.48. The first-order valence-corrected chi connectivity index (χ1v) is 8.19. The fourth-order valence-electron chi connectivity index (χ4n) is 3.48. The molecule has 21 heavy (non-hydrogen) atoms.